The number of hydrogen-bond donors (Lipinski definition) is 1. The Morgan fingerprint density at radius 1 is 1.18 bits per heavy atom. The molecule has 0 bridgehead atoms. The van der Waals surface area contributed by atoms with Crippen LogP contribution < -0.4 is 5.73 Å². The van der Waals surface area contributed by atoms with Gasteiger partial charge in [-0.1, -0.05) is 0 Å². The van der Waals surface area contributed by atoms with Crippen LogP contribution >= 0.6 is 0 Å². The van der Waals surface area contributed by atoms with Gasteiger partial charge in [0.15, 0.2) is 0 Å². The highest BCUT2D eigenvalue weighted by molar-refractivity contribution is 4.90. The van der Waals surface area contributed by atoms with E-state index >= 15 is 0 Å². The van der Waals surface area contributed by atoms with Crippen molar-refractivity contribution in [2.45, 2.75) is 13.1 Å². The van der Waals surface area contributed by atoms with E-state index < -0.39 is 0 Å². The Balaban J connectivity index is 1.97. The van der Waals surface area contributed by atoms with E-state index in [0.717, 1.165) is 12.4 Å². The molecule has 1 aromatic heterocycles. The summed E-state index contributed by atoms with van der Waals surface area (Å²) in [6.07, 6.45) is 3.65. The van der Waals surface area contributed by atoms with Crippen LogP contribution in [-0.2, 0) is 27.3 Å². The molecule has 98 valence electrons. The van der Waals surface area contributed by atoms with Crippen molar-refractivity contribution in [1.29, 1.82) is 0 Å². The number of nitrogens with two attached hydrogens (primary N) is 1. The third kappa shape index (κ3) is 5.78. The molecule has 2 N–H and O–H groups in total. The summed E-state index contributed by atoms with van der Waals surface area (Å²) in [6.45, 7) is 4.27. The molecule has 0 saturated carbocycles. The molecule has 1 heterocycles. The Bertz CT molecular complexity index is 291. The lowest BCUT2D eigenvalue weighted by Crippen LogP contribution is -2.14. The summed E-state index contributed by atoms with van der Waals surface area (Å²) in [6, 6.07) is 0. The zero-order chi connectivity index (χ0) is 12.3. The molecular weight excluding hydrogens is 222 g/mol. The Morgan fingerprint density at radius 2 is 1.88 bits per heavy atom. The first-order valence-corrected chi connectivity index (χ1v) is 5.73. The Hall–Kier alpha value is -0.950. The van der Waals surface area contributed by atoms with Crippen LogP contribution in [0, 0.1) is 0 Å². The molecule has 0 amide bonds. The molecule has 0 fully saturated rings. The first-order chi connectivity index (χ1) is 8.38. The molecule has 0 saturated heterocycles. The topological polar surface area (TPSA) is 71.5 Å². The van der Waals surface area contributed by atoms with Crippen LogP contribution in [0.3, 0.4) is 0 Å². The van der Waals surface area contributed by atoms with Crippen LogP contribution in [0.2, 0.25) is 0 Å². The van der Waals surface area contributed by atoms with Crippen molar-refractivity contribution in [2.75, 3.05) is 40.1 Å². The molecular formula is C11H21N3O3. The number of hydrogen-bond acceptors (Lipinski definition) is 5. The summed E-state index contributed by atoms with van der Waals surface area (Å²) in [7, 11) is 1.65. The molecule has 0 radical (unpaired) electrons. The Kier molecular flexibility index (Phi) is 7.57. The minimum Gasteiger partial charge on any atom is -0.382 e. The fourth-order valence-corrected chi connectivity index (χ4v) is 1.36. The van der Waals surface area contributed by atoms with E-state index in [2.05, 4.69) is 4.98 Å². The van der Waals surface area contributed by atoms with E-state index in [0.29, 0.717) is 39.6 Å². The van der Waals surface area contributed by atoms with E-state index in [1.807, 2.05) is 10.8 Å². The normalized spacial score (nSPS) is 10.9. The van der Waals surface area contributed by atoms with Gasteiger partial charge in [0.2, 0.25) is 0 Å². The van der Waals surface area contributed by atoms with Crippen LogP contribution in [-0.4, -0.2) is 49.7 Å². The summed E-state index contributed by atoms with van der Waals surface area (Å²) in [4.78, 5) is 4.13. The first kappa shape index (κ1) is 14.1. The Labute approximate surface area is 102 Å². The third-order valence-electron chi connectivity index (χ3n) is 2.26. The van der Waals surface area contributed by atoms with E-state index in [4.69, 9.17) is 19.9 Å². The van der Waals surface area contributed by atoms with E-state index in [9.17, 15) is 0 Å². The number of rotatable bonds is 10. The SMILES string of the molecule is COCCOCCOCCn1ccnc1CN. The fourth-order valence-electron chi connectivity index (χ4n) is 1.36. The van der Waals surface area contributed by atoms with Crippen molar-refractivity contribution in [3.8, 4) is 0 Å². The van der Waals surface area contributed by atoms with Crippen LogP contribution in [0.5, 0.6) is 0 Å². The minimum absolute atomic E-state index is 0.452. The molecule has 17 heavy (non-hydrogen) atoms. The van der Waals surface area contributed by atoms with Crippen molar-refractivity contribution < 1.29 is 14.2 Å². The highest BCUT2D eigenvalue weighted by atomic mass is 16.5. The van der Waals surface area contributed by atoms with Crippen molar-refractivity contribution in [2.24, 2.45) is 5.73 Å². The summed E-state index contributed by atoms with van der Waals surface area (Å²) in [5, 5.41) is 0. The molecule has 0 unspecified atom stereocenters. The Morgan fingerprint density at radius 3 is 2.59 bits per heavy atom. The molecule has 0 atom stereocenters. The van der Waals surface area contributed by atoms with Crippen LogP contribution in [0.4, 0.5) is 0 Å². The molecule has 0 spiro atoms. The smallest absolute Gasteiger partial charge is 0.122 e. The standard InChI is InChI=1S/C11H21N3O3/c1-15-6-7-17-9-8-16-5-4-14-3-2-13-11(14)10-12/h2-3H,4-10,12H2,1H3. The van der Waals surface area contributed by atoms with Gasteiger partial charge in [-0.05, 0) is 0 Å². The average Bonchev–Trinajstić information content (AvgIpc) is 2.80. The number of nitrogens with zero attached hydrogens (tertiary/aromatic N) is 2. The van der Waals surface area contributed by atoms with Crippen molar-refractivity contribution in [1.82, 2.24) is 9.55 Å². The summed E-state index contributed by atoms with van der Waals surface area (Å²) < 4.78 is 17.5. The largest absolute Gasteiger partial charge is 0.382 e. The number of ether oxygens (including phenoxy) is 3. The molecule has 0 aliphatic carbocycles. The van der Waals surface area contributed by atoms with Crippen molar-refractivity contribution >= 4 is 0 Å². The lowest BCUT2D eigenvalue weighted by molar-refractivity contribution is 0.0229. The lowest BCUT2D eigenvalue weighted by Gasteiger charge is -2.07. The third-order valence-corrected chi connectivity index (χ3v) is 2.26. The first-order valence-electron chi connectivity index (χ1n) is 5.73. The zero-order valence-corrected chi connectivity index (χ0v) is 10.3. The summed E-state index contributed by atoms with van der Waals surface area (Å²) >= 11 is 0. The molecule has 0 aliphatic rings. The maximum absolute atomic E-state index is 5.54. The second kappa shape index (κ2) is 9.12. The van der Waals surface area contributed by atoms with E-state index in [1.54, 1.807) is 13.3 Å². The predicted octanol–water partition coefficient (Wildman–Crippen LogP) is 0.0214. The molecule has 6 heteroatoms. The van der Waals surface area contributed by atoms with Gasteiger partial charge in [0.05, 0.1) is 39.6 Å². The van der Waals surface area contributed by atoms with E-state index in [-0.39, 0.29) is 0 Å². The number of aromatic nitrogens is 2. The van der Waals surface area contributed by atoms with Gasteiger partial charge in [0.25, 0.3) is 0 Å². The second-order valence-corrected chi connectivity index (χ2v) is 3.46. The van der Waals surface area contributed by atoms with Gasteiger partial charge >= 0.3 is 0 Å². The quantitative estimate of drug-likeness (QED) is 0.587. The predicted molar refractivity (Wildman–Crippen MR) is 63.6 cm³/mol. The monoisotopic (exact) mass is 243 g/mol. The fraction of sp³-hybridized carbons (Fsp3) is 0.727. The van der Waals surface area contributed by atoms with Gasteiger partial charge in [0, 0.05) is 26.0 Å². The maximum Gasteiger partial charge on any atom is 0.122 e. The number of imidazole rings is 1. The van der Waals surface area contributed by atoms with Gasteiger partial charge in [-0.15, -0.1) is 0 Å². The van der Waals surface area contributed by atoms with Gasteiger partial charge in [-0.2, -0.15) is 0 Å². The highest BCUT2D eigenvalue weighted by Crippen LogP contribution is 1.96. The van der Waals surface area contributed by atoms with Gasteiger partial charge in [-0.3, -0.25) is 0 Å². The lowest BCUT2D eigenvalue weighted by atomic mass is 10.5. The number of methoxy groups -OCH3 is 1. The van der Waals surface area contributed by atoms with Crippen LogP contribution in [0.15, 0.2) is 12.4 Å². The van der Waals surface area contributed by atoms with Gasteiger partial charge in [0.1, 0.15) is 5.82 Å². The van der Waals surface area contributed by atoms with Crippen molar-refractivity contribution in [3.63, 3.8) is 0 Å². The van der Waals surface area contributed by atoms with Gasteiger partial charge in [-0.25, -0.2) is 4.98 Å². The summed E-state index contributed by atoms with van der Waals surface area (Å²) in [5.74, 6) is 0.880. The molecule has 0 aromatic carbocycles. The highest BCUT2D eigenvalue weighted by Gasteiger charge is 1.99. The summed E-state index contributed by atoms with van der Waals surface area (Å²) in [5.41, 5.74) is 5.54. The average molecular weight is 243 g/mol. The molecule has 0 aliphatic heterocycles. The minimum atomic E-state index is 0.452. The second-order valence-electron chi connectivity index (χ2n) is 3.46. The molecule has 1 rings (SSSR count). The van der Waals surface area contributed by atoms with Crippen LogP contribution in [0.1, 0.15) is 5.82 Å². The maximum atomic E-state index is 5.54. The molecule has 1 aromatic rings. The van der Waals surface area contributed by atoms with Gasteiger partial charge < -0.3 is 24.5 Å². The van der Waals surface area contributed by atoms with Crippen LogP contribution in [0.25, 0.3) is 0 Å². The van der Waals surface area contributed by atoms with E-state index in [1.165, 1.54) is 0 Å². The molecule has 6 nitrogen and oxygen atoms in total. The van der Waals surface area contributed by atoms with Crippen molar-refractivity contribution in [3.05, 3.63) is 18.2 Å². The zero-order valence-electron chi connectivity index (χ0n) is 10.3.